The van der Waals surface area contributed by atoms with Crippen LogP contribution in [-0.4, -0.2) is 24.1 Å². The van der Waals surface area contributed by atoms with Gasteiger partial charge < -0.3 is 15.1 Å². The normalized spacial score (nSPS) is 23.1. The van der Waals surface area contributed by atoms with Crippen molar-refractivity contribution in [1.29, 1.82) is 0 Å². The first-order valence-electron chi connectivity index (χ1n) is 7.76. The van der Waals surface area contributed by atoms with Crippen molar-refractivity contribution in [2.24, 2.45) is 0 Å². The second kappa shape index (κ2) is 5.09. The van der Waals surface area contributed by atoms with E-state index in [1.165, 1.54) is 32.1 Å². The maximum absolute atomic E-state index is 5.79. The van der Waals surface area contributed by atoms with Crippen molar-refractivity contribution in [3.63, 3.8) is 0 Å². The van der Waals surface area contributed by atoms with Gasteiger partial charge in [0.1, 0.15) is 5.52 Å². The number of nitrogens with one attached hydrogen (secondary N) is 2. The van der Waals surface area contributed by atoms with E-state index in [9.17, 15) is 0 Å². The highest BCUT2D eigenvalue weighted by atomic mass is 16.3. The number of piperidine rings is 1. The number of fused-ring (bicyclic) bond motifs is 1. The fourth-order valence-corrected chi connectivity index (χ4v) is 2.90. The molecule has 0 radical (unpaired) electrons. The Kier molecular flexibility index (Phi) is 3.11. The molecule has 1 saturated heterocycles. The van der Waals surface area contributed by atoms with Gasteiger partial charge in [-0.15, -0.1) is 0 Å². The highest BCUT2D eigenvalue weighted by Gasteiger charge is 2.28. The molecular formula is C16H21N3O. The van der Waals surface area contributed by atoms with E-state index in [4.69, 9.17) is 4.42 Å². The third kappa shape index (κ3) is 2.52. The molecule has 2 heterocycles. The van der Waals surface area contributed by atoms with Crippen LogP contribution < -0.4 is 10.6 Å². The minimum Gasteiger partial charge on any atom is -0.440 e. The van der Waals surface area contributed by atoms with Crippen LogP contribution in [0.1, 0.15) is 43.9 Å². The summed E-state index contributed by atoms with van der Waals surface area (Å²) in [5, 5.41) is 7.07. The SMILES string of the molecule is c1cc2oc(C3CC3)nc2cc1NCC1CCCCN1. The van der Waals surface area contributed by atoms with Crippen molar-refractivity contribution in [2.75, 3.05) is 18.4 Å². The van der Waals surface area contributed by atoms with E-state index in [1.807, 2.05) is 6.07 Å². The third-order valence-corrected chi connectivity index (χ3v) is 4.30. The van der Waals surface area contributed by atoms with Crippen LogP contribution in [0.15, 0.2) is 22.6 Å². The average molecular weight is 271 g/mol. The summed E-state index contributed by atoms with van der Waals surface area (Å²) in [6.45, 7) is 2.14. The summed E-state index contributed by atoms with van der Waals surface area (Å²) in [5.74, 6) is 1.50. The van der Waals surface area contributed by atoms with Gasteiger partial charge in [0.2, 0.25) is 0 Å². The molecule has 2 aliphatic rings. The molecule has 2 N–H and O–H groups in total. The van der Waals surface area contributed by atoms with E-state index in [2.05, 4.69) is 27.8 Å². The van der Waals surface area contributed by atoms with E-state index in [0.29, 0.717) is 12.0 Å². The molecule has 1 saturated carbocycles. The second-order valence-corrected chi connectivity index (χ2v) is 6.04. The molecule has 4 nitrogen and oxygen atoms in total. The largest absolute Gasteiger partial charge is 0.440 e. The zero-order valence-corrected chi connectivity index (χ0v) is 11.7. The summed E-state index contributed by atoms with van der Waals surface area (Å²) in [6, 6.07) is 6.82. The van der Waals surface area contributed by atoms with Crippen molar-refractivity contribution in [1.82, 2.24) is 10.3 Å². The van der Waals surface area contributed by atoms with Crippen LogP contribution >= 0.6 is 0 Å². The number of rotatable bonds is 4. The first-order chi connectivity index (χ1) is 9.88. The van der Waals surface area contributed by atoms with Crippen LogP contribution in [0.2, 0.25) is 0 Å². The molecule has 1 aliphatic carbocycles. The van der Waals surface area contributed by atoms with Crippen molar-refractivity contribution < 1.29 is 4.42 Å². The Hall–Kier alpha value is -1.55. The van der Waals surface area contributed by atoms with Crippen LogP contribution in [0.25, 0.3) is 11.1 Å². The minimum atomic E-state index is 0.574. The van der Waals surface area contributed by atoms with Crippen molar-refractivity contribution in [2.45, 2.75) is 44.1 Å². The molecule has 1 aliphatic heterocycles. The first kappa shape index (κ1) is 12.2. The molecule has 2 aromatic rings. The van der Waals surface area contributed by atoms with Gasteiger partial charge in [-0.05, 0) is 50.4 Å². The van der Waals surface area contributed by atoms with Gasteiger partial charge in [0.05, 0.1) is 0 Å². The molecule has 0 bridgehead atoms. The zero-order valence-electron chi connectivity index (χ0n) is 11.7. The maximum Gasteiger partial charge on any atom is 0.198 e. The van der Waals surface area contributed by atoms with Gasteiger partial charge in [0.15, 0.2) is 11.5 Å². The van der Waals surface area contributed by atoms with Crippen molar-refractivity contribution >= 4 is 16.8 Å². The van der Waals surface area contributed by atoms with Crippen LogP contribution in [-0.2, 0) is 0 Å². The van der Waals surface area contributed by atoms with Gasteiger partial charge in [-0.25, -0.2) is 4.98 Å². The Labute approximate surface area is 118 Å². The Bertz CT molecular complexity index is 597. The van der Waals surface area contributed by atoms with E-state index >= 15 is 0 Å². The fraction of sp³-hybridized carbons (Fsp3) is 0.562. The van der Waals surface area contributed by atoms with Gasteiger partial charge in [-0.1, -0.05) is 6.42 Å². The van der Waals surface area contributed by atoms with E-state index in [0.717, 1.165) is 35.8 Å². The molecule has 2 fully saturated rings. The summed E-state index contributed by atoms with van der Waals surface area (Å²) < 4.78 is 5.79. The number of anilines is 1. The molecule has 1 aromatic carbocycles. The first-order valence-corrected chi connectivity index (χ1v) is 7.76. The summed E-state index contributed by atoms with van der Waals surface area (Å²) >= 11 is 0. The highest BCUT2D eigenvalue weighted by molar-refractivity contribution is 5.77. The van der Waals surface area contributed by atoms with E-state index < -0.39 is 0 Å². The summed E-state index contributed by atoms with van der Waals surface area (Å²) in [4.78, 5) is 4.61. The monoisotopic (exact) mass is 271 g/mol. The minimum absolute atomic E-state index is 0.574. The third-order valence-electron chi connectivity index (χ3n) is 4.30. The Morgan fingerprint density at radius 1 is 1.25 bits per heavy atom. The predicted molar refractivity (Wildman–Crippen MR) is 80.1 cm³/mol. The molecule has 1 unspecified atom stereocenters. The molecule has 0 amide bonds. The summed E-state index contributed by atoms with van der Waals surface area (Å²) in [6.07, 6.45) is 6.37. The fourth-order valence-electron chi connectivity index (χ4n) is 2.90. The van der Waals surface area contributed by atoms with Gasteiger partial charge in [-0.2, -0.15) is 0 Å². The number of oxazole rings is 1. The van der Waals surface area contributed by atoms with Crippen LogP contribution in [0.4, 0.5) is 5.69 Å². The number of nitrogens with zero attached hydrogens (tertiary/aromatic N) is 1. The number of hydrogen-bond donors (Lipinski definition) is 2. The standard InChI is InChI=1S/C16H21N3O/c1-2-8-17-13(3-1)10-18-12-6-7-15-14(9-12)19-16(20-15)11-4-5-11/h6-7,9,11,13,17-18H,1-5,8,10H2. The van der Waals surface area contributed by atoms with Crippen molar-refractivity contribution in [3.8, 4) is 0 Å². The number of benzene rings is 1. The molecule has 20 heavy (non-hydrogen) atoms. The Morgan fingerprint density at radius 3 is 3.00 bits per heavy atom. The van der Waals surface area contributed by atoms with E-state index in [1.54, 1.807) is 0 Å². The predicted octanol–water partition coefficient (Wildman–Crippen LogP) is 3.26. The van der Waals surface area contributed by atoms with Gasteiger partial charge in [0, 0.05) is 24.2 Å². The van der Waals surface area contributed by atoms with Gasteiger partial charge >= 0.3 is 0 Å². The Balaban J connectivity index is 1.45. The zero-order chi connectivity index (χ0) is 13.4. The number of hydrogen-bond acceptors (Lipinski definition) is 4. The lowest BCUT2D eigenvalue weighted by atomic mass is 10.1. The lowest BCUT2D eigenvalue weighted by Gasteiger charge is -2.24. The number of aromatic nitrogens is 1. The topological polar surface area (TPSA) is 50.1 Å². The molecule has 106 valence electrons. The molecule has 4 rings (SSSR count). The lowest BCUT2D eigenvalue weighted by molar-refractivity contribution is 0.414. The quantitative estimate of drug-likeness (QED) is 0.896. The maximum atomic E-state index is 5.79. The van der Waals surface area contributed by atoms with Crippen molar-refractivity contribution in [3.05, 3.63) is 24.1 Å². The smallest absolute Gasteiger partial charge is 0.198 e. The summed E-state index contributed by atoms with van der Waals surface area (Å²) in [7, 11) is 0. The van der Waals surface area contributed by atoms with Crippen LogP contribution in [0.5, 0.6) is 0 Å². The lowest BCUT2D eigenvalue weighted by Crippen LogP contribution is -2.39. The second-order valence-electron chi connectivity index (χ2n) is 6.04. The van der Waals surface area contributed by atoms with Gasteiger partial charge in [0.25, 0.3) is 0 Å². The summed E-state index contributed by atoms with van der Waals surface area (Å²) in [5.41, 5.74) is 3.03. The molecule has 4 heteroatoms. The van der Waals surface area contributed by atoms with Crippen LogP contribution in [0.3, 0.4) is 0 Å². The molecule has 0 spiro atoms. The Morgan fingerprint density at radius 2 is 2.20 bits per heavy atom. The molecule has 1 atom stereocenters. The molecule has 1 aromatic heterocycles. The van der Waals surface area contributed by atoms with E-state index in [-0.39, 0.29) is 0 Å². The van der Waals surface area contributed by atoms with Crippen LogP contribution in [0, 0.1) is 0 Å². The highest BCUT2D eigenvalue weighted by Crippen LogP contribution is 2.40. The molecular weight excluding hydrogens is 250 g/mol. The van der Waals surface area contributed by atoms with Gasteiger partial charge in [-0.3, -0.25) is 0 Å². The average Bonchev–Trinajstić information content (AvgIpc) is 3.26.